The van der Waals surface area contributed by atoms with Crippen molar-refractivity contribution in [2.45, 2.75) is 12.7 Å². The third kappa shape index (κ3) is 6.56. The van der Waals surface area contributed by atoms with Gasteiger partial charge in [0.15, 0.2) is 5.82 Å². The molecule has 27 heavy (non-hydrogen) atoms. The van der Waals surface area contributed by atoms with Crippen molar-refractivity contribution < 1.29 is 31.5 Å². The van der Waals surface area contributed by atoms with Crippen LogP contribution >= 0.6 is 0 Å². The van der Waals surface area contributed by atoms with E-state index in [0.29, 0.717) is 11.6 Å². The smallest absolute Gasteiger partial charge is 0.345 e. The summed E-state index contributed by atoms with van der Waals surface area (Å²) in [5.41, 5.74) is 0.476. The number of aromatic nitrogens is 2. The van der Waals surface area contributed by atoms with E-state index in [1.54, 1.807) is 5.32 Å². The molecule has 2 rings (SSSR count). The maximum absolute atomic E-state index is 13.7. The van der Waals surface area contributed by atoms with Crippen molar-refractivity contribution in [3.05, 3.63) is 47.8 Å². The molecule has 1 heterocycles. The number of hydrogen-bond acceptors (Lipinski definition) is 3. The van der Waals surface area contributed by atoms with E-state index in [9.17, 15) is 31.5 Å². The molecule has 0 saturated carbocycles. The van der Waals surface area contributed by atoms with Gasteiger partial charge >= 0.3 is 12.2 Å². The molecular weight excluding hydrogens is 377 g/mol. The molecule has 3 N–H and O–H groups in total. The number of halogens is 5. The highest BCUT2D eigenvalue weighted by Crippen LogP contribution is 2.14. The van der Waals surface area contributed by atoms with Crippen molar-refractivity contribution in [1.29, 1.82) is 0 Å². The van der Waals surface area contributed by atoms with E-state index >= 15 is 0 Å². The molecule has 0 aliphatic heterocycles. The summed E-state index contributed by atoms with van der Waals surface area (Å²) in [5.74, 6) is -2.55. The fraction of sp³-hybridized carbons (Fsp3) is 0.267. The van der Waals surface area contributed by atoms with Gasteiger partial charge in [0.25, 0.3) is 0 Å². The van der Waals surface area contributed by atoms with Gasteiger partial charge in [-0.25, -0.2) is 18.3 Å². The minimum absolute atomic E-state index is 0.00781. The van der Waals surface area contributed by atoms with E-state index in [1.807, 2.05) is 0 Å². The number of carbonyl (C=O) groups excluding carboxylic acids is 2. The Bertz CT molecular complexity index is 821. The van der Waals surface area contributed by atoms with Crippen LogP contribution in [0.25, 0.3) is 5.69 Å². The Morgan fingerprint density at radius 1 is 1.11 bits per heavy atom. The van der Waals surface area contributed by atoms with Gasteiger partial charge in [0.05, 0.1) is 12.7 Å². The van der Waals surface area contributed by atoms with Crippen LogP contribution in [-0.2, 0) is 11.3 Å². The summed E-state index contributed by atoms with van der Waals surface area (Å²) in [5, 5.41) is 9.93. The summed E-state index contributed by atoms with van der Waals surface area (Å²) in [6, 6.07) is 2.17. The van der Waals surface area contributed by atoms with Crippen molar-refractivity contribution in [1.82, 2.24) is 25.7 Å². The Kier molecular flexibility index (Phi) is 6.32. The second-order valence-electron chi connectivity index (χ2n) is 5.32. The molecule has 2 aromatic rings. The van der Waals surface area contributed by atoms with Crippen molar-refractivity contribution in [2.75, 3.05) is 13.1 Å². The van der Waals surface area contributed by atoms with Crippen molar-refractivity contribution in [3.63, 3.8) is 0 Å². The predicted molar refractivity (Wildman–Crippen MR) is 82.8 cm³/mol. The number of nitrogens with one attached hydrogen (secondary N) is 3. The lowest BCUT2D eigenvalue weighted by Gasteiger charge is -2.09. The monoisotopic (exact) mass is 391 g/mol. The molecule has 12 heteroatoms. The lowest BCUT2D eigenvalue weighted by molar-refractivity contribution is -0.137. The topological polar surface area (TPSA) is 88.1 Å². The van der Waals surface area contributed by atoms with Gasteiger partial charge in [0, 0.05) is 24.4 Å². The third-order valence-corrected chi connectivity index (χ3v) is 3.14. The van der Waals surface area contributed by atoms with Crippen LogP contribution in [0.5, 0.6) is 0 Å². The Labute approximate surface area is 149 Å². The first-order chi connectivity index (χ1) is 12.6. The van der Waals surface area contributed by atoms with Crippen LogP contribution in [0.15, 0.2) is 30.6 Å². The Morgan fingerprint density at radius 3 is 2.52 bits per heavy atom. The molecule has 0 atom stereocenters. The van der Waals surface area contributed by atoms with Crippen LogP contribution in [0.2, 0.25) is 0 Å². The van der Waals surface area contributed by atoms with E-state index in [-0.39, 0.29) is 12.2 Å². The largest absolute Gasteiger partial charge is 0.405 e. The van der Waals surface area contributed by atoms with Gasteiger partial charge in [-0.05, 0) is 12.1 Å². The number of nitrogens with zero attached hydrogens (tertiary/aromatic N) is 2. The van der Waals surface area contributed by atoms with E-state index in [4.69, 9.17) is 0 Å². The summed E-state index contributed by atoms with van der Waals surface area (Å²) in [6.45, 7) is -2.17. The van der Waals surface area contributed by atoms with Gasteiger partial charge in [-0.2, -0.15) is 18.3 Å². The maximum atomic E-state index is 13.7. The SMILES string of the molecule is O=C(CNC(=O)NCc1cnn(-c2ccc(F)cc2F)c1)NCC(F)(F)F. The van der Waals surface area contributed by atoms with Crippen LogP contribution in [0, 0.1) is 11.6 Å². The summed E-state index contributed by atoms with van der Waals surface area (Å²) in [4.78, 5) is 22.7. The summed E-state index contributed by atoms with van der Waals surface area (Å²) in [7, 11) is 0. The van der Waals surface area contributed by atoms with Gasteiger partial charge in [-0.1, -0.05) is 0 Å². The minimum atomic E-state index is -4.54. The van der Waals surface area contributed by atoms with E-state index < -0.39 is 42.8 Å². The molecule has 0 saturated heterocycles. The van der Waals surface area contributed by atoms with Crippen LogP contribution in [-0.4, -0.2) is 41.0 Å². The molecule has 0 fully saturated rings. The Hall–Kier alpha value is -3.18. The lowest BCUT2D eigenvalue weighted by atomic mass is 10.3. The molecule has 3 amide bonds. The number of benzene rings is 1. The molecule has 0 aliphatic carbocycles. The molecule has 1 aromatic heterocycles. The highest BCUT2D eigenvalue weighted by Gasteiger charge is 2.27. The minimum Gasteiger partial charge on any atom is -0.345 e. The molecule has 0 bridgehead atoms. The van der Waals surface area contributed by atoms with Crippen LogP contribution in [0.3, 0.4) is 0 Å². The Balaban J connectivity index is 1.79. The maximum Gasteiger partial charge on any atom is 0.405 e. The van der Waals surface area contributed by atoms with E-state index in [0.717, 1.165) is 10.7 Å². The average Bonchev–Trinajstić information content (AvgIpc) is 3.04. The first-order valence-corrected chi connectivity index (χ1v) is 7.48. The zero-order chi connectivity index (χ0) is 20.0. The second kappa shape index (κ2) is 8.47. The number of amides is 3. The number of alkyl halides is 3. The lowest BCUT2D eigenvalue weighted by Crippen LogP contribution is -2.43. The quantitative estimate of drug-likeness (QED) is 0.654. The second-order valence-corrected chi connectivity index (χ2v) is 5.32. The first kappa shape index (κ1) is 20.1. The molecular formula is C15H14F5N5O2. The molecule has 1 aromatic carbocycles. The Morgan fingerprint density at radius 2 is 1.85 bits per heavy atom. The van der Waals surface area contributed by atoms with Gasteiger partial charge in [-0.3, -0.25) is 4.79 Å². The fourth-order valence-corrected chi connectivity index (χ4v) is 1.92. The zero-order valence-electron chi connectivity index (χ0n) is 13.6. The number of carbonyl (C=O) groups is 2. The summed E-state index contributed by atoms with van der Waals surface area (Å²) >= 11 is 0. The van der Waals surface area contributed by atoms with Crippen LogP contribution < -0.4 is 16.0 Å². The van der Waals surface area contributed by atoms with Gasteiger partial charge in [0.2, 0.25) is 5.91 Å². The molecule has 0 spiro atoms. The highest BCUT2D eigenvalue weighted by molar-refractivity contribution is 5.83. The third-order valence-electron chi connectivity index (χ3n) is 3.14. The van der Waals surface area contributed by atoms with Crippen LogP contribution in [0.1, 0.15) is 5.56 Å². The van der Waals surface area contributed by atoms with Crippen LogP contribution in [0.4, 0.5) is 26.7 Å². The molecule has 0 radical (unpaired) electrons. The predicted octanol–water partition coefficient (Wildman–Crippen LogP) is 1.63. The first-order valence-electron chi connectivity index (χ1n) is 7.48. The van der Waals surface area contributed by atoms with Crippen molar-refractivity contribution in [3.8, 4) is 5.69 Å². The molecule has 146 valence electrons. The zero-order valence-corrected chi connectivity index (χ0v) is 13.6. The van der Waals surface area contributed by atoms with E-state index in [1.165, 1.54) is 18.5 Å². The normalized spacial score (nSPS) is 11.1. The number of hydrogen-bond donors (Lipinski definition) is 3. The van der Waals surface area contributed by atoms with E-state index in [2.05, 4.69) is 15.7 Å². The molecule has 0 unspecified atom stereocenters. The van der Waals surface area contributed by atoms with Crippen molar-refractivity contribution in [2.24, 2.45) is 0 Å². The summed E-state index contributed by atoms with van der Waals surface area (Å²) in [6.07, 6.45) is -1.81. The molecule has 0 aliphatic rings. The fourth-order valence-electron chi connectivity index (χ4n) is 1.92. The highest BCUT2D eigenvalue weighted by atomic mass is 19.4. The molecule has 7 nitrogen and oxygen atoms in total. The number of rotatable bonds is 6. The standard InChI is InChI=1S/C15H14F5N5O2/c16-10-1-2-12(11(17)3-10)25-7-9(5-24-25)4-21-14(27)22-6-13(26)23-8-15(18,19)20/h1-3,5,7H,4,6,8H2,(H,23,26)(H2,21,22,27). The van der Waals surface area contributed by atoms with Gasteiger partial charge in [0.1, 0.15) is 18.0 Å². The number of urea groups is 1. The summed E-state index contributed by atoms with van der Waals surface area (Å²) < 4.78 is 63.5. The van der Waals surface area contributed by atoms with Crippen molar-refractivity contribution >= 4 is 11.9 Å². The van der Waals surface area contributed by atoms with Gasteiger partial charge in [-0.15, -0.1) is 0 Å². The van der Waals surface area contributed by atoms with Gasteiger partial charge < -0.3 is 16.0 Å². The average molecular weight is 391 g/mol.